The Morgan fingerprint density at radius 1 is 1.50 bits per heavy atom. The molecule has 0 unspecified atom stereocenters. The first kappa shape index (κ1) is 12.2. The van der Waals surface area contributed by atoms with Gasteiger partial charge in [-0.25, -0.2) is 4.79 Å². The number of carboxylic acids is 1. The van der Waals surface area contributed by atoms with Crippen LogP contribution >= 0.6 is 15.9 Å². The number of benzene rings is 1. The summed E-state index contributed by atoms with van der Waals surface area (Å²) < 4.78 is 0.457. The number of halogens is 1. The van der Waals surface area contributed by atoms with E-state index in [2.05, 4.69) is 21.2 Å². The third kappa shape index (κ3) is 2.81. The predicted molar refractivity (Wildman–Crippen MR) is 60.0 cm³/mol. The molecule has 0 fully saturated rings. The smallest absolute Gasteiger partial charge is 0.337 e. The van der Waals surface area contributed by atoms with Gasteiger partial charge in [0.1, 0.15) is 6.42 Å². The number of rotatable bonds is 3. The topological polar surface area (TPSA) is 90.2 Å². The first-order valence-electron chi connectivity index (χ1n) is 4.25. The second-order valence-electron chi connectivity index (χ2n) is 2.85. The molecule has 0 atom stereocenters. The van der Waals surface area contributed by atoms with E-state index < -0.39 is 11.9 Å². The molecule has 0 spiro atoms. The van der Waals surface area contributed by atoms with Crippen molar-refractivity contribution in [2.75, 3.05) is 5.32 Å². The summed E-state index contributed by atoms with van der Waals surface area (Å²) in [4.78, 5) is 22.1. The van der Waals surface area contributed by atoms with Crippen LogP contribution in [0.4, 0.5) is 5.69 Å². The zero-order valence-electron chi connectivity index (χ0n) is 8.03. The Balaban J connectivity index is 3.07. The highest BCUT2D eigenvalue weighted by molar-refractivity contribution is 9.10. The molecule has 0 aliphatic heterocycles. The number of anilines is 1. The molecule has 0 aliphatic rings. The summed E-state index contributed by atoms with van der Waals surface area (Å²) in [5.74, 6) is -1.69. The monoisotopic (exact) mass is 282 g/mol. The number of carboxylic acid groups (broad SMARTS) is 1. The zero-order valence-corrected chi connectivity index (χ0v) is 9.61. The van der Waals surface area contributed by atoms with Gasteiger partial charge in [-0.05, 0) is 28.1 Å². The fraction of sp³-hybridized carbons (Fsp3) is 0.100. The van der Waals surface area contributed by atoms with E-state index in [0.29, 0.717) is 4.47 Å². The van der Waals surface area contributed by atoms with E-state index in [9.17, 15) is 9.59 Å². The highest BCUT2D eigenvalue weighted by atomic mass is 79.9. The number of carbonyl (C=O) groups excluding carboxylic acids is 1. The second kappa shape index (κ2) is 5.28. The van der Waals surface area contributed by atoms with Gasteiger partial charge in [0.15, 0.2) is 0 Å². The molecule has 1 rings (SSSR count). The quantitative estimate of drug-likeness (QED) is 0.887. The minimum atomic E-state index is -1.14. The van der Waals surface area contributed by atoms with Crippen LogP contribution in [0.15, 0.2) is 22.7 Å². The Hall–Kier alpha value is -1.87. The fourth-order valence-electron chi connectivity index (χ4n) is 1.08. The van der Waals surface area contributed by atoms with E-state index in [1.807, 2.05) is 0 Å². The van der Waals surface area contributed by atoms with Crippen LogP contribution in [0, 0.1) is 11.3 Å². The van der Waals surface area contributed by atoms with Gasteiger partial charge >= 0.3 is 5.97 Å². The summed E-state index contributed by atoms with van der Waals surface area (Å²) in [6, 6.07) is 6.21. The van der Waals surface area contributed by atoms with Crippen LogP contribution < -0.4 is 5.32 Å². The lowest BCUT2D eigenvalue weighted by Gasteiger charge is -2.08. The SMILES string of the molecule is N#CCC(=O)Nc1c(Br)cccc1C(=O)O. The Morgan fingerprint density at radius 3 is 2.75 bits per heavy atom. The third-order valence-corrected chi connectivity index (χ3v) is 2.41. The van der Waals surface area contributed by atoms with Gasteiger partial charge < -0.3 is 10.4 Å². The summed E-state index contributed by atoms with van der Waals surface area (Å²) in [5.41, 5.74) is 0.135. The van der Waals surface area contributed by atoms with Gasteiger partial charge in [0.05, 0.1) is 17.3 Å². The van der Waals surface area contributed by atoms with E-state index in [-0.39, 0.29) is 17.7 Å². The number of para-hydroxylation sites is 1. The first-order chi connectivity index (χ1) is 7.56. The van der Waals surface area contributed by atoms with E-state index in [0.717, 1.165) is 0 Å². The molecule has 0 saturated heterocycles. The normalized spacial score (nSPS) is 9.25. The molecule has 1 aromatic carbocycles. The first-order valence-corrected chi connectivity index (χ1v) is 5.04. The maximum atomic E-state index is 11.2. The molecule has 0 radical (unpaired) electrons. The molecule has 82 valence electrons. The number of nitrogens with zero attached hydrogens (tertiary/aromatic N) is 1. The number of hydrogen-bond donors (Lipinski definition) is 2. The molecule has 6 heteroatoms. The van der Waals surface area contributed by atoms with Crippen molar-refractivity contribution in [3.8, 4) is 6.07 Å². The average Bonchev–Trinajstić information content (AvgIpc) is 2.21. The predicted octanol–water partition coefficient (Wildman–Crippen LogP) is 2.00. The number of hydrogen-bond acceptors (Lipinski definition) is 3. The molecule has 0 heterocycles. The summed E-state index contributed by atoms with van der Waals surface area (Å²) >= 11 is 3.13. The summed E-state index contributed by atoms with van der Waals surface area (Å²) in [7, 11) is 0. The maximum absolute atomic E-state index is 11.2. The third-order valence-electron chi connectivity index (χ3n) is 1.75. The van der Waals surface area contributed by atoms with E-state index in [1.54, 1.807) is 18.2 Å². The zero-order chi connectivity index (χ0) is 12.1. The average molecular weight is 283 g/mol. The minimum Gasteiger partial charge on any atom is -0.478 e. The Kier molecular flexibility index (Phi) is 4.03. The van der Waals surface area contributed by atoms with Gasteiger partial charge in [-0.15, -0.1) is 0 Å². The van der Waals surface area contributed by atoms with Crippen LogP contribution in [0.25, 0.3) is 0 Å². The summed E-state index contributed by atoms with van der Waals surface area (Å²) in [6.07, 6.45) is -0.319. The molecule has 5 nitrogen and oxygen atoms in total. The number of nitrogens with one attached hydrogen (secondary N) is 1. The lowest BCUT2D eigenvalue weighted by molar-refractivity contribution is -0.115. The maximum Gasteiger partial charge on any atom is 0.337 e. The lowest BCUT2D eigenvalue weighted by Crippen LogP contribution is -2.14. The van der Waals surface area contributed by atoms with Crippen LogP contribution in [0.3, 0.4) is 0 Å². The highest BCUT2D eigenvalue weighted by Crippen LogP contribution is 2.26. The van der Waals surface area contributed by atoms with Gasteiger partial charge in [-0.3, -0.25) is 4.79 Å². The van der Waals surface area contributed by atoms with Crippen molar-refractivity contribution >= 4 is 33.5 Å². The van der Waals surface area contributed by atoms with Gasteiger partial charge in [-0.1, -0.05) is 6.07 Å². The van der Waals surface area contributed by atoms with E-state index >= 15 is 0 Å². The van der Waals surface area contributed by atoms with E-state index in [1.165, 1.54) is 6.07 Å². The van der Waals surface area contributed by atoms with Crippen molar-refractivity contribution in [1.29, 1.82) is 5.26 Å². The Labute approximate surface area is 99.8 Å². The Morgan fingerprint density at radius 2 is 2.19 bits per heavy atom. The van der Waals surface area contributed by atoms with Gasteiger partial charge in [-0.2, -0.15) is 5.26 Å². The number of aromatic carboxylic acids is 1. The minimum absolute atomic E-state index is 0.0272. The summed E-state index contributed by atoms with van der Waals surface area (Å²) in [5, 5.41) is 19.6. The van der Waals surface area contributed by atoms with Gasteiger partial charge in [0, 0.05) is 4.47 Å². The molecule has 0 aromatic heterocycles. The molecule has 1 aromatic rings. The van der Waals surface area contributed by atoms with Gasteiger partial charge in [0.25, 0.3) is 0 Å². The van der Waals surface area contributed by atoms with Crippen LogP contribution in [-0.4, -0.2) is 17.0 Å². The fourth-order valence-corrected chi connectivity index (χ4v) is 1.55. The molecule has 16 heavy (non-hydrogen) atoms. The highest BCUT2D eigenvalue weighted by Gasteiger charge is 2.14. The Bertz CT molecular complexity index is 479. The van der Waals surface area contributed by atoms with Crippen molar-refractivity contribution in [3.05, 3.63) is 28.2 Å². The largest absolute Gasteiger partial charge is 0.478 e. The lowest BCUT2D eigenvalue weighted by atomic mass is 10.2. The molecular formula is C10H7BrN2O3. The van der Waals surface area contributed by atoms with Crippen LogP contribution in [0.1, 0.15) is 16.8 Å². The van der Waals surface area contributed by atoms with Crippen LogP contribution in [0.5, 0.6) is 0 Å². The molecule has 0 aliphatic carbocycles. The number of nitriles is 1. The van der Waals surface area contributed by atoms with Crippen molar-refractivity contribution < 1.29 is 14.7 Å². The molecule has 1 amide bonds. The molecule has 0 bridgehead atoms. The second-order valence-corrected chi connectivity index (χ2v) is 3.70. The van der Waals surface area contributed by atoms with Crippen LogP contribution in [-0.2, 0) is 4.79 Å². The standard InChI is InChI=1S/C10H7BrN2O3/c11-7-3-1-2-6(10(15)16)9(7)13-8(14)4-5-12/h1-3H,4H2,(H,13,14)(H,15,16). The number of carbonyl (C=O) groups is 2. The van der Waals surface area contributed by atoms with Crippen molar-refractivity contribution in [3.63, 3.8) is 0 Å². The molecular weight excluding hydrogens is 276 g/mol. The molecule has 2 N–H and O–H groups in total. The van der Waals surface area contributed by atoms with E-state index in [4.69, 9.17) is 10.4 Å². The van der Waals surface area contributed by atoms with Crippen LogP contribution in [0.2, 0.25) is 0 Å². The van der Waals surface area contributed by atoms with Crippen molar-refractivity contribution in [1.82, 2.24) is 0 Å². The van der Waals surface area contributed by atoms with Crippen molar-refractivity contribution in [2.24, 2.45) is 0 Å². The summed E-state index contributed by atoms with van der Waals surface area (Å²) in [6.45, 7) is 0. The van der Waals surface area contributed by atoms with Gasteiger partial charge in [0.2, 0.25) is 5.91 Å². The van der Waals surface area contributed by atoms with Crippen molar-refractivity contribution in [2.45, 2.75) is 6.42 Å². The number of amides is 1. The molecule has 0 saturated carbocycles.